The van der Waals surface area contributed by atoms with Gasteiger partial charge in [0.05, 0.1) is 12.2 Å². The highest BCUT2D eigenvalue weighted by atomic mass is 32.2. The minimum Gasteiger partial charge on any atom is -0.481 e. The number of anilines is 1. The Labute approximate surface area is 129 Å². The van der Waals surface area contributed by atoms with Crippen molar-refractivity contribution in [1.82, 2.24) is 0 Å². The predicted octanol–water partition coefficient (Wildman–Crippen LogP) is 2.94. The fourth-order valence-corrected chi connectivity index (χ4v) is 4.54. The number of thioether (sulfide) groups is 1. The van der Waals surface area contributed by atoms with Crippen molar-refractivity contribution in [3.05, 3.63) is 24.3 Å². The second kappa shape index (κ2) is 7.17. The van der Waals surface area contributed by atoms with Crippen LogP contribution in [-0.4, -0.2) is 30.5 Å². The lowest BCUT2D eigenvalue weighted by Gasteiger charge is -2.10. The molecule has 0 unspecified atom stereocenters. The van der Waals surface area contributed by atoms with Crippen LogP contribution < -0.4 is 4.72 Å². The molecule has 0 aromatic heterocycles. The molecule has 0 radical (unpaired) electrons. The fraction of sp³-hybridized carbons (Fsp3) is 0.500. The molecule has 7 heteroatoms. The number of hydrogen-bond acceptors (Lipinski definition) is 4. The molecule has 1 saturated carbocycles. The van der Waals surface area contributed by atoms with E-state index in [1.165, 1.54) is 25.7 Å². The molecule has 0 bridgehead atoms. The normalized spacial score (nSPS) is 16.0. The van der Waals surface area contributed by atoms with Crippen LogP contribution in [0.4, 0.5) is 5.69 Å². The zero-order valence-corrected chi connectivity index (χ0v) is 13.3. The Balaban J connectivity index is 1.90. The quantitative estimate of drug-likeness (QED) is 0.803. The molecule has 21 heavy (non-hydrogen) atoms. The smallest absolute Gasteiger partial charge is 0.304 e. The summed E-state index contributed by atoms with van der Waals surface area (Å²) in [4.78, 5) is 11.5. The van der Waals surface area contributed by atoms with E-state index in [0.717, 1.165) is 4.90 Å². The molecule has 0 spiro atoms. The molecule has 2 N–H and O–H groups in total. The second-order valence-electron chi connectivity index (χ2n) is 5.11. The van der Waals surface area contributed by atoms with E-state index in [9.17, 15) is 13.2 Å². The molecule has 1 aliphatic rings. The Morgan fingerprint density at radius 2 is 1.86 bits per heavy atom. The van der Waals surface area contributed by atoms with Gasteiger partial charge in [-0.05, 0) is 37.1 Å². The number of aliphatic carboxylic acids is 1. The second-order valence-corrected chi connectivity index (χ2v) is 8.33. The largest absolute Gasteiger partial charge is 0.481 e. The van der Waals surface area contributed by atoms with Crippen LogP contribution in [0, 0.1) is 0 Å². The van der Waals surface area contributed by atoms with Crippen molar-refractivity contribution < 1.29 is 18.3 Å². The maximum Gasteiger partial charge on any atom is 0.304 e. The molecule has 1 aromatic carbocycles. The van der Waals surface area contributed by atoms with Crippen molar-refractivity contribution in [2.45, 2.75) is 42.2 Å². The number of hydrogen-bond donors (Lipinski definition) is 2. The summed E-state index contributed by atoms with van der Waals surface area (Å²) in [5.41, 5.74) is 0.469. The van der Waals surface area contributed by atoms with Gasteiger partial charge in [-0.15, -0.1) is 11.8 Å². The minimum absolute atomic E-state index is 0.398. The Morgan fingerprint density at radius 3 is 2.43 bits per heavy atom. The monoisotopic (exact) mass is 329 g/mol. The third-order valence-electron chi connectivity index (χ3n) is 3.32. The lowest BCUT2D eigenvalue weighted by molar-refractivity contribution is -0.136. The van der Waals surface area contributed by atoms with Crippen LogP contribution in [0.25, 0.3) is 0 Å². The third-order valence-corrected chi connectivity index (χ3v) is 5.95. The van der Waals surface area contributed by atoms with Gasteiger partial charge in [0.25, 0.3) is 0 Å². The van der Waals surface area contributed by atoms with Crippen LogP contribution in [0.2, 0.25) is 0 Å². The summed E-state index contributed by atoms with van der Waals surface area (Å²) in [7, 11) is -3.60. The first-order chi connectivity index (χ1) is 9.94. The number of nitrogens with one attached hydrogen (secondary N) is 1. The van der Waals surface area contributed by atoms with E-state index in [-0.39, 0.29) is 0 Å². The number of carboxylic acids is 1. The van der Waals surface area contributed by atoms with Crippen molar-refractivity contribution in [3.8, 4) is 0 Å². The Kier molecular flexibility index (Phi) is 5.52. The van der Waals surface area contributed by atoms with Gasteiger partial charge in [0.1, 0.15) is 0 Å². The number of carbonyl (C=O) groups is 1. The highest BCUT2D eigenvalue weighted by Crippen LogP contribution is 2.34. The molecule has 2 rings (SSSR count). The van der Waals surface area contributed by atoms with Gasteiger partial charge >= 0.3 is 5.97 Å². The van der Waals surface area contributed by atoms with Crippen LogP contribution in [0.1, 0.15) is 32.1 Å². The summed E-state index contributed by atoms with van der Waals surface area (Å²) in [6.45, 7) is 0. The SMILES string of the molecule is O=C(O)CCS(=O)(=O)Nc1ccc(SC2CCCC2)cc1. The predicted molar refractivity (Wildman–Crippen MR) is 84.2 cm³/mol. The highest BCUT2D eigenvalue weighted by molar-refractivity contribution is 8.00. The molecule has 0 saturated heterocycles. The van der Waals surface area contributed by atoms with Crippen molar-refractivity contribution in [1.29, 1.82) is 0 Å². The van der Waals surface area contributed by atoms with E-state index < -0.39 is 28.2 Å². The van der Waals surface area contributed by atoms with Crippen molar-refractivity contribution in [2.75, 3.05) is 10.5 Å². The van der Waals surface area contributed by atoms with Gasteiger partial charge in [-0.1, -0.05) is 12.8 Å². The molecule has 5 nitrogen and oxygen atoms in total. The van der Waals surface area contributed by atoms with Gasteiger partial charge in [-0.2, -0.15) is 0 Å². The number of benzene rings is 1. The Morgan fingerprint density at radius 1 is 1.24 bits per heavy atom. The van der Waals surface area contributed by atoms with Gasteiger partial charge in [-0.3, -0.25) is 9.52 Å². The molecular formula is C14H19NO4S2. The van der Waals surface area contributed by atoms with Gasteiger partial charge in [0.2, 0.25) is 10.0 Å². The first kappa shape index (κ1) is 16.2. The van der Waals surface area contributed by atoms with Crippen LogP contribution in [0.5, 0.6) is 0 Å². The van der Waals surface area contributed by atoms with Gasteiger partial charge < -0.3 is 5.11 Å². The van der Waals surface area contributed by atoms with Crippen molar-refractivity contribution in [2.24, 2.45) is 0 Å². The molecule has 0 aliphatic heterocycles. The van der Waals surface area contributed by atoms with Gasteiger partial charge in [0, 0.05) is 15.8 Å². The molecule has 1 aliphatic carbocycles. The molecule has 0 atom stereocenters. The van der Waals surface area contributed by atoms with Crippen LogP contribution in [0.3, 0.4) is 0 Å². The van der Waals surface area contributed by atoms with E-state index >= 15 is 0 Å². The van der Waals surface area contributed by atoms with Gasteiger partial charge in [0.15, 0.2) is 0 Å². The average molecular weight is 329 g/mol. The summed E-state index contributed by atoms with van der Waals surface area (Å²) >= 11 is 1.84. The molecule has 1 fully saturated rings. The lowest BCUT2D eigenvalue weighted by Crippen LogP contribution is -2.18. The van der Waals surface area contributed by atoms with Crippen LogP contribution >= 0.6 is 11.8 Å². The molecular weight excluding hydrogens is 310 g/mol. The first-order valence-electron chi connectivity index (χ1n) is 6.94. The number of carboxylic acid groups (broad SMARTS) is 1. The highest BCUT2D eigenvalue weighted by Gasteiger charge is 2.16. The topological polar surface area (TPSA) is 83.5 Å². The fourth-order valence-electron chi connectivity index (χ4n) is 2.25. The van der Waals surface area contributed by atoms with Crippen molar-refractivity contribution in [3.63, 3.8) is 0 Å². The van der Waals surface area contributed by atoms with Crippen LogP contribution in [-0.2, 0) is 14.8 Å². The van der Waals surface area contributed by atoms with E-state index in [1.807, 2.05) is 23.9 Å². The summed E-state index contributed by atoms with van der Waals surface area (Å²) in [6.07, 6.45) is 4.67. The number of rotatable bonds is 7. The molecule has 0 amide bonds. The zero-order valence-electron chi connectivity index (χ0n) is 11.6. The van der Waals surface area contributed by atoms with Crippen LogP contribution in [0.15, 0.2) is 29.2 Å². The average Bonchev–Trinajstić information content (AvgIpc) is 2.92. The van der Waals surface area contributed by atoms with E-state index in [2.05, 4.69) is 4.72 Å². The molecule has 1 aromatic rings. The van der Waals surface area contributed by atoms with Crippen molar-refractivity contribution >= 4 is 33.4 Å². The van der Waals surface area contributed by atoms with Gasteiger partial charge in [-0.25, -0.2) is 8.42 Å². The molecule has 0 heterocycles. The Hall–Kier alpha value is -1.21. The minimum atomic E-state index is -3.60. The van der Waals surface area contributed by atoms with E-state index in [1.54, 1.807) is 12.1 Å². The Bertz CT molecular complexity index is 577. The lowest BCUT2D eigenvalue weighted by atomic mass is 10.3. The molecule has 116 valence electrons. The number of sulfonamides is 1. The summed E-state index contributed by atoms with van der Waals surface area (Å²) in [6, 6.07) is 7.24. The standard InChI is InChI=1S/C14H19NO4S2/c16-14(17)9-10-21(18,19)15-11-5-7-13(8-6-11)20-12-3-1-2-4-12/h5-8,12,15H,1-4,9-10H2,(H,16,17). The van der Waals surface area contributed by atoms with E-state index in [4.69, 9.17) is 5.11 Å². The summed E-state index contributed by atoms with van der Waals surface area (Å²) in [5.74, 6) is -1.54. The first-order valence-corrected chi connectivity index (χ1v) is 9.47. The summed E-state index contributed by atoms with van der Waals surface area (Å²) in [5, 5.41) is 9.19. The maximum atomic E-state index is 11.7. The third kappa shape index (κ3) is 5.59. The zero-order chi connectivity index (χ0) is 15.3. The maximum absolute atomic E-state index is 11.7. The summed E-state index contributed by atoms with van der Waals surface area (Å²) < 4.78 is 25.8. The van der Waals surface area contributed by atoms with E-state index in [0.29, 0.717) is 10.9 Å².